The Morgan fingerprint density at radius 1 is 1.00 bits per heavy atom. The SMILES string of the molecule is Cc1ccc(S(=O)(=O)Oc2ccccc2/C=C2\SC(=O)N(Cc3ccc([N+](=O)[O-])cc3)C2=O)cc1. The Labute approximate surface area is 205 Å². The molecule has 0 saturated carbocycles. The highest BCUT2D eigenvalue weighted by atomic mass is 32.2. The molecule has 9 nitrogen and oxygen atoms in total. The molecule has 0 aromatic heterocycles. The fraction of sp³-hybridized carbons (Fsp3) is 0.0833. The van der Waals surface area contributed by atoms with Crippen molar-refractivity contribution in [2.75, 3.05) is 0 Å². The molecule has 0 N–H and O–H groups in total. The number of nitro groups is 1. The van der Waals surface area contributed by atoms with Gasteiger partial charge in [-0.05, 0) is 48.5 Å². The molecule has 2 amide bonds. The molecule has 1 heterocycles. The quantitative estimate of drug-likeness (QED) is 0.190. The van der Waals surface area contributed by atoms with E-state index in [2.05, 4.69) is 0 Å². The third-order valence-corrected chi connectivity index (χ3v) is 7.23. The molecular formula is C24H18N2O7S2. The molecule has 0 bridgehead atoms. The Balaban J connectivity index is 1.56. The maximum absolute atomic E-state index is 12.9. The number of thioether (sulfide) groups is 1. The number of hydrogen-bond donors (Lipinski definition) is 0. The standard InChI is InChI=1S/C24H18N2O7S2/c1-16-6-12-20(13-7-16)35(31,32)33-21-5-3-2-4-18(21)14-22-23(27)25(24(28)34-22)15-17-8-10-19(11-9-17)26(29)30/h2-14H,15H2,1H3/b22-14-. The second-order valence-electron chi connectivity index (χ2n) is 7.58. The summed E-state index contributed by atoms with van der Waals surface area (Å²) in [5.74, 6) is -0.551. The Bertz CT molecular complexity index is 1450. The number of rotatable bonds is 7. The number of benzene rings is 3. The van der Waals surface area contributed by atoms with E-state index >= 15 is 0 Å². The lowest BCUT2D eigenvalue weighted by Gasteiger charge is -2.12. The average Bonchev–Trinajstić information content (AvgIpc) is 3.08. The normalized spacial score (nSPS) is 15.0. The van der Waals surface area contributed by atoms with Gasteiger partial charge in [-0.25, -0.2) is 0 Å². The molecule has 1 aliphatic heterocycles. The number of carbonyl (C=O) groups is 2. The van der Waals surface area contributed by atoms with Crippen LogP contribution in [0.3, 0.4) is 0 Å². The minimum Gasteiger partial charge on any atom is -0.378 e. The monoisotopic (exact) mass is 510 g/mol. The van der Waals surface area contributed by atoms with Gasteiger partial charge in [0.2, 0.25) is 0 Å². The first-order valence-corrected chi connectivity index (χ1v) is 12.5. The van der Waals surface area contributed by atoms with Crippen LogP contribution in [0.5, 0.6) is 5.75 Å². The minimum atomic E-state index is -4.12. The third-order valence-electron chi connectivity index (χ3n) is 5.08. The van der Waals surface area contributed by atoms with Gasteiger partial charge in [0.25, 0.3) is 16.8 Å². The van der Waals surface area contributed by atoms with Crippen LogP contribution >= 0.6 is 11.8 Å². The summed E-state index contributed by atoms with van der Waals surface area (Å²) in [6.45, 7) is 1.78. The summed E-state index contributed by atoms with van der Waals surface area (Å²) >= 11 is 0.714. The maximum Gasteiger partial charge on any atom is 0.339 e. The Morgan fingerprint density at radius 2 is 1.66 bits per heavy atom. The first-order chi connectivity index (χ1) is 16.6. The van der Waals surface area contributed by atoms with E-state index in [1.165, 1.54) is 48.5 Å². The molecule has 0 spiro atoms. The fourth-order valence-corrected chi connectivity index (χ4v) is 5.01. The van der Waals surface area contributed by atoms with E-state index in [1.54, 1.807) is 30.3 Å². The Kier molecular flexibility index (Phi) is 6.72. The van der Waals surface area contributed by atoms with E-state index in [4.69, 9.17) is 4.18 Å². The van der Waals surface area contributed by atoms with Crippen molar-refractivity contribution in [3.63, 3.8) is 0 Å². The smallest absolute Gasteiger partial charge is 0.339 e. The van der Waals surface area contributed by atoms with Crippen molar-refractivity contribution >= 4 is 44.8 Å². The van der Waals surface area contributed by atoms with E-state index in [0.717, 1.165) is 10.5 Å². The molecule has 11 heteroatoms. The van der Waals surface area contributed by atoms with Gasteiger partial charge in [0.05, 0.1) is 16.4 Å². The molecular weight excluding hydrogens is 492 g/mol. The molecule has 4 rings (SSSR count). The summed E-state index contributed by atoms with van der Waals surface area (Å²) in [6.07, 6.45) is 1.40. The molecule has 0 radical (unpaired) electrons. The second kappa shape index (κ2) is 9.72. The van der Waals surface area contributed by atoms with Gasteiger partial charge in [0.1, 0.15) is 10.6 Å². The summed E-state index contributed by atoms with van der Waals surface area (Å²) in [7, 11) is -4.12. The average molecular weight is 511 g/mol. The lowest BCUT2D eigenvalue weighted by atomic mass is 10.1. The van der Waals surface area contributed by atoms with Crippen LogP contribution < -0.4 is 4.18 Å². The van der Waals surface area contributed by atoms with Crippen LogP contribution in [0.25, 0.3) is 6.08 Å². The predicted molar refractivity (Wildman–Crippen MR) is 130 cm³/mol. The van der Waals surface area contributed by atoms with Crippen molar-refractivity contribution in [3.05, 3.63) is 105 Å². The van der Waals surface area contributed by atoms with Crippen molar-refractivity contribution in [2.24, 2.45) is 0 Å². The molecule has 1 fully saturated rings. The van der Waals surface area contributed by atoms with Crippen LogP contribution in [0.1, 0.15) is 16.7 Å². The van der Waals surface area contributed by atoms with Gasteiger partial charge in [-0.1, -0.05) is 48.0 Å². The van der Waals surface area contributed by atoms with Gasteiger partial charge < -0.3 is 4.18 Å². The zero-order valence-electron chi connectivity index (χ0n) is 18.3. The van der Waals surface area contributed by atoms with Gasteiger partial charge in [0.15, 0.2) is 0 Å². The molecule has 1 aliphatic rings. The van der Waals surface area contributed by atoms with Crippen LogP contribution in [-0.2, 0) is 21.5 Å². The lowest BCUT2D eigenvalue weighted by molar-refractivity contribution is -0.384. The number of imide groups is 1. The van der Waals surface area contributed by atoms with Gasteiger partial charge in [-0.2, -0.15) is 8.42 Å². The van der Waals surface area contributed by atoms with Crippen molar-refractivity contribution < 1.29 is 27.1 Å². The van der Waals surface area contributed by atoms with Crippen molar-refractivity contribution in [2.45, 2.75) is 18.4 Å². The molecule has 0 aliphatic carbocycles. The van der Waals surface area contributed by atoms with E-state index in [1.807, 2.05) is 6.92 Å². The van der Waals surface area contributed by atoms with Crippen LogP contribution in [0.15, 0.2) is 82.6 Å². The lowest BCUT2D eigenvalue weighted by Crippen LogP contribution is -2.27. The van der Waals surface area contributed by atoms with Crippen LogP contribution in [-0.4, -0.2) is 29.4 Å². The van der Waals surface area contributed by atoms with Crippen molar-refractivity contribution in [3.8, 4) is 5.75 Å². The van der Waals surface area contributed by atoms with E-state index < -0.39 is 26.2 Å². The largest absolute Gasteiger partial charge is 0.378 e. The van der Waals surface area contributed by atoms with Gasteiger partial charge in [0, 0.05) is 17.7 Å². The maximum atomic E-state index is 12.9. The molecule has 1 saturated heterocycles. The minimum absolute atomic E-state index is 0.00948. The van der Waals surface area contributed by atoms with E-state index in [-0.39, 0.29) is 27.8 Å². The van der Waals surface area contributed by atoms with E-state index in [9.17, 15) is 28.1 Å². The molecule has 0 atom stereocenters. The van der Waals surface area contributed by atoms with Gasteiger partial charge >= 0.3 is 10.1 Å². The number of nitrogens with zero attached hydrogens (tertiary/aromatic N) is 2. The first-order valence-electron chi connectivity index (χ1n) is 10.2. The zero-order chi connectivity index (χ0) is 25.2. The molecule has 35 heavy (non-hydrogen) atoms. The van der Waals surface area contributed by atoms with Crippen LogP contribution in [0.4, 0.5) is 10.5 Å². The number of para-hydroxylation sites is 1. The second-order valence-corrected chi connectivity index (χ2v) is 10.1. The van der Waals surface area contributed by atoms with Crippen LogP contribution in [0.2, 0.25) is 0 Å². The zero-order valence-corrected chi connectivity index (χ0v) is 19.9. The number of carbonyl (C=O) groups excluding carboxylic acids is 2. The highest BCUT2D eigenvalue weighted by Crippen LogP contribution is 2.35. The highest BCUT2D eigenvalue weighted by molar-refractivity contribution is 8.18. The van der Waals surface area contributed by atoms with Crippen molar-refractivity contribution in [1.82, 2.24) is 4.90 Å². The predicted octanol–water partition coefficient (Wildman–Crippen LogP) is 4.91. The summed E-state index contributed by atoms with van der Waals surface area (Å²) < 4.78 is 30.8. The summed E-state index contributed by atoms with van der Waals surface area (Å²) in [6, 6.07) is 18.0. The molecule has 0 unspecified atom stereocenters. The number of amides is 2. The third kappa shape index (κ3) is 5.42. The summed E-state index contributed by atoms with van der Waals surface area (Å²) in [5.41, 5.74) is 1.66. The summed E-state index contributed by atoms with van der Waals surface area (Å²) in [4.78, 5) is 36.8. The number of aryl methyl sites for hydroxylation is 1. The number of hydrogen-bond acceptors (Lipinski definition) is 8. The topological polar surface area (TPSA) is 124 Å². The van der Waals surface area contributed by atoms with E-state index in [0.29, 0.717) is 22.9 Å². The van der Waals surface area contributed by atoms with Gasteiger partial charge in [-0.3, -0.25) is 24.6 Å². The first kappa shape index (κ1) is 24.2. The molecule has 3 aromatic rings. The number of non-ortho nitro benzene ring substituents is 1. The Hall–Kier alpha value is -3.96. The van der Waals surface area contributed by atoms with Crippen molar-refractivity contribution in [1.29, 1.82) is 0 Å². The molecule has 3 aromatic carbocycles. The fourth-order valence-electron chi connectivity index (χ4n) is 3.23. The van der Waals surface area contributed by atoms with Gasteiger partial charge in [-0.15, -0.1) is 0 Å². The number of nitro benzene ring substituents is 1. The summed E-state index contributed by atoms with van der Waals surface area (Å²) in [5, 5.41) is 10.3. The highest BCUT2D eigenvalue weighted by Gasteiger charge is 2.35. The Morgan fingerprint density at radius 3 is 2.31 bits per heavy atom. The van der Waals surface area contributed by atoms with Crippen LogP contribution in [0, 0.1) is 17.0 Å². The molecule has 178 valence electrons.